The number of fused-ring (bicyclic) bond motifs is 1. The van der Waals surface area contributed by atoms with Gasteiger partial charge in [-0.05, 0) is 49.9 Å². The highest BCUT2D eigenvalue weighted by Crippen LogP contribution is 2.56. The number of hydrogen-bond acceptors (Lipinski definition) is 4. The van der Waals surface area contributed by atoms with Crippen molar-refractivity contribution in [3.05, 3.63) is 11.8 Å². The molecule has 0 saturated heterocycles. The summed E-state index contributed by atoms with van der Waals surface area (Å²) in [5.74, 6) is -0.444. The Hall–Kier alpha value is -0.543. The summed E-state index contributed by atoms with van der Waals surface area (Å²) in [5.41, 5.74) is -5.84. The second-order valence-corrected chi connectivity index (χ2v) is 15.4. The monoisotopic (exact) mass is 414 g/mol. The van der Waals surface area contributed by atoms with E-state index in [1.54, 1.807) is 0 Å². The van der Waals surface area contributed by atoms with Crippen molar-refractivity contribution in [3.63, 3.8) is 0 Å². The average Bonchev–Trinajstić information content (AvgIpc) is 2.73. The Morgan fingerprint density at radius 1 is 1.19 bits per heavy atom. The van der Waals surface area contributed by atoms with E-state index >= 15 is 0 Å². The van der Waals surface area contributed by atoms with E-state index in [-0.39, 0.29) is 22.8 Å². The first-order chi connectivity index (χ1) is 11.5. The molecule has 0 N–H and O–H groups in total. The van der Waals surface area contributed by atoms with Crippen LogP contribution in [-0.2, 0) is 18.7 Å². The fourth-order valence-corrected chi connectivity index (χ4v) is 5.65. The third kappa shape index (κ3) is 3.85. The Kier molecular flexibility index (Phi) is 5.45. The number of alkyl halides is 3. The van der Waals surface area contributed by atoms with E-state index in [0.717, 1.165) is 6.42 Å². The summed E-state index contributed by atoms with van der Waals surface area (Å²) in [4.78, 5) is 0. The lowest BCUT2D eigenvalue weighted by atomic mass is 9.71. The zero-order chi connectivity index (χ0) is 20.2. The molecule has 0 radical (unpaired) electrons. The molecule has 9 heteroatoms. The van der Waals surface area contributed by atoms with Crippen molar-refractivity contribution in [3.8, 4) is 0 Å². The van der Waals surface area contributed by atoms with Gasteiger partial charge in [0.05, 0.1) is 6.10 Å². The molecule has 4 nitrogen and oxygen atoms in total. The van der Waals surface area contributed by atoms with Gasteiger partial charge in [0.2, 0.25) is 0 Å². The Morgan fingerprint density at radius 3 is 2.27 bits per heavy atom. The molecular formula is C17H29F3O4SSi. The molecule has 2 aliphatic rings. The highest BCUT2D eigenvalue weighted by atomic mass is 32.2. The lowest BCUT2D eigenvalue weighted by molar-refractivity contribution is -0.0538. The van der Waals surface area contributed by atoms with Crippen LogP contribution in [0.2, 0.25) is 18.1 Å². The maximum absolute atomic E-state index is 12.7. The van der Waals surface area contributed by atoms with Crippen LogP contribution < -0.4 is 0 Å². The van der Waals surface area contributed by atoms with Crippen LogP contribution in [0.15, 0.2) is 11.8 Å². The van der Waals surface area contributed by atoms with Crippen LogP contribution in [0.5, 0.6) is 0 Å². The molecule has 0 aromatic carbocycles. The van der Waals surface area contributed by atoms with Crippen LogP contribution in [0.4, 0.5) is 13.2 Å². The van der Waals surface area contributed by atoms with Gasteiger partial charge < -0.3 is 8.61 Å². The molecule has 0 aliphatic heterocycles. The summed E-state index contributed by atoms with van der Waals surface area (Å²) >= 11 is 0. The van der Waals surface area contributed by atoms with Gasteiger partial charge in [0.25, 0.3) is 0 Å². The average molecular weight is 415 g/mol. The summed E-state index contributed by atoms with van der Waals surface area (Å²) in [6, 6.07) is 0. The first kappa shape index (κ1) is 21.8. The van der Waals surface area contributed by atoms with Crippen molar-refractivity contribution in [2.45, 2.75) is 83.1 Å². The standard InChI is InChI=1S/C17H29F3O4SSi/c1-15(2,3)26(5,6)24-14-10-9-12-13(8-7-11-16(12,14)4)23-25(21,22)17(18,19)20/h8,12,14H,7,9-11H2,1-6H3/t12?,14-,16-/m0/s1. The maximum atomic E-state index is 12.7. The number of halogens is 3. The minimum atomic E-state index is -5.64. The summed E-state index contributed by atoms with van der Waals surface area (Å²) in [7, 11) is -7.69. The third-order valence-corrected chi connectivity index (χ3v) is 11.8. The van der Waals surface area contributed by atoms with Gasteiger partial charge in [0.1, 0.15) is 5.76 Å². The lowest BCUT2D eigenvalue weighted by Gasteiger charge is -2.45. The van der Waals surface area contributed by atoms with Crippen LogP contribution in [-0.4, -0.2) is 28.3 Å². The smallest absolute Gasteiger partial charge is 0.413 e. The molecule has 1 unspecified atom stereocenters. The predicted molar refractivity (Wildman–Crippen MR) is 96.3 cm³/mol. The molecule has 0 aromatic heterocycles. The van der Waals surface area contributed by atoms with Crippen molar-refractivity contribution in [1.29, 1.82) is 0 Å². The van der Waals surface area contributed by atoms with Crippen LogP contribution in [0.25, 0.3) is 0 Å². The van der Waals surface area contributed by atoms with Gasteiger partial charge in [-0.25, -0.2) is 0 Å². The second-order valence-electron chi connectivity index (χ2n) is 9.13. The quantitative estimate of drug-likeness (QED) is 0.354. The molecule has 1 saturated carbocycles. The molecule has 0 heterocycles. The Morgan fingerprint density at radius 2 is 1.77 bits per heavy atom. The number of rotatable bonds is 4. The van der Waals surface area contributed by atoms with Crippen LogP contribution in [0.1, 0.15) is 53.4 Å². The van der Waals surface area contributed by atoms with E-state index in [1.165, 1.54) is 6.08 Å². The zero-order valence-electron chi connectivity index (χ0n) is 16.2. The second kappa shape index (κ2) is 6.51. The van der Waals surface area contributed by atoms with Gasteiger partial charge in [0.15, 0.2) is 8.32 Å². The van der Waals surface area contributed by atoms with Crippen molar-refractivity contribution in [2.75, 3.05) is 0 Å². The Bertz CT molecular complexity index is 679. The Balaban J connectivity index is 2.24. The van der Waals surface area contributed by atoms with Crippen molar-refractivity contribution in [2.24, 2.45) is 11.3 Å². The van der Waals surface area contributed by atoms with Crippen molar-refractivity contribution >= 4 is 18.4 Å². The van der Waals surface area contributed by atoms with Gasteiger partial charge in [-0.15, -0.1) is 0 Å². The van der Waals surface area contributed by atoms with Crippen LogP contribution >= 0.6 is 0 Å². The molecule has 0 spiro atoms. The predicted octanol–water partition coefficient (Wildman–Crippen LogP) is 5.34. The molecule has 0 amide bonds. The molecule has 0 aromatic rings. The molecule has 26 heavy (non-hydrogen) atoms. The van der Waals surface area contributed by atoms with E-state index < -0.39 is 29.4 Å². The van der Waals surface area contributed by atoms with E-state index in [4.69, 9.17) is 4.43 Å². The summed E-state index contributed by atoms with van der Waals surface area (Å²) in [5, 5.41) is 0.0188. The van der Waals surface area contributed by atoms with Crippen LogP contribution in [0, 0.1) is 11.3 Å². The number of allylic oxidation sites excluding steroid dienone is 2. The zero-order valence-corrected chi connectivity index (χ0v) is 18.1. The third-order valence-electron chi connectivity index (χ3n) is 6.35. The first-order valence-electron chi connectivity index (χ1n) is 8.90. The highest BCUT2D eigenvalue weighted by Gasteiger charge is 2.56. The van der Waals surface area contributed by atoms with E-state index in [9.17, 15) is 21.6 Å². The summed E-state index contributed by atoms with van der Waals surface area (Å²) in [6.45, 7) is 12.7. The molecule has 2 rings (SSSR count). The first-order valence-corrected chi connectivity index (χ1v) is 13.2. The molecule has 0 bridgehead atoms. The van der Waals surface area contributed by atoms with Gasteiger partial charge in [-0.2, -0.15) is 21.6 Å². The lowest BCUT2D eigenvalue weighted by Crippen LogP contribution is -2.48. The SMILES string of the molecule is CC(C)(C)[Si](C)(C)O[C@H]1CCC2C(OS(=O)(=O)C(F)(F)F)=CCC[C@@]21C. The molecular weight excluding hydrogens is 385 g/mol. The number of hydrogen-bond donors (Lipinski definition) is 0. The van der Waals surface area contributed by atoms with Gasteiger partial charge >= 0.3 is 15.6 Å². The van der Waals surface area contributed by atoms with Crippen molar-refractivity contribution in [1.82, 2.24) is 0 Å². The summed E-state index contributed by atoms with van der Waals surface area (Å²) < 4.78 is 72.1. The topological polar surface area (TPSA) is 52.6 Å². The van der Waals surface area contributed by atoms with Gasteiger partial charge in [0, 0.05) is 11.3 Å². The molecule has 3 atom stereocenters. The highest BCUT2D eigenvalue weighted by molar-refractivity contribution is 7.87. The van der Waals surface area contributed by atoms with Crippen molar-refractivity contribution < 1.29 is 30.2 Å². The van der Waals surface area contributed by atoms with E-state index in [1.807, 2.05) is 6.92 Å². The fourth-order valence-electron chi connectivity index (χ4n) is 3.66. The minimum Gasteiger partial charge on any atom is -0.413 e. The molecule has 152 valence electrons. The molecule has 1 fully saturated rings. The largest absolute Gasteiger partial charge is 0.534 e. The van der Waals surface area contributed by atoms with E-state index in [0.29, 0.717) is 19.3 Å². The van der Waals surface area contributed by atoms with Gasteiger partial charge in [-0.1, -0.05) is 27.7 Å². The fraction of sp³-hybridized carbons (Fsp3) is 0.882. The van der Waals surface area contributed by atoms with Gasteiger partial charge in [-0.3, -0.25) is 0 Å². The minimum absolute atomic E-state index is 0.0188. The van der Waals surface area contributed by atoms with E-state index in [2.05, 4.69) is 38.0 Å². The normalized spacial score (nSPS) is 30.7. The summed E-state index contributed by atoms with van der Waals surface area (Å²) in [6.07, 6.45) is 3.87. The maximum Gasteiger partial charge on any atom is 0.534 e. The molecule has 2 aliphatic carbocycles. The Labute approximate surface area is 155 Å². The van der Waals surface area contributed by atoms with Crippen LogP contribution in [0.3, 0.4) is 0 Å².